The summed E-state index contributed by atoms with van der Waals surface area (Å²) in [4.78, 5) is 0. The maximum Gasteiger partial charge on any atom is 0 e. The van der Waals surface area contributed by atoms with Gasteiger partial charge in [0, 0.05) is 26.2 Å². The number of unbranched alkanes of at least 4 members (excludes halogenated alkanes) is 1. The van der Waals surface area contributed by atoms with E-state index >= 15 is 0 Å². The van der Waals surface area contributed by atoms with E-state index in [1.165, 1.54) is 24.8 Å². The van der Waals surface area contributed by atoms with E-state index in [9.17, 15) is 0 Å². The Labute approximate surface area is 96.7 Å². The zero-order chi connectivity index (χ0) is 6.53. The SMILES string of the molecule is CCCCC1=[C-]CC=C1.F.F.F.[Zr]. The third-order valence-corrected chi connectivity index (χ3v) is 1.57. The standard InChI is InChI=1S/C9H13.3FH.Zr/c1-2-3-6-9-7-4-5-8-9;;;;/h4,7H,2-3,5-6H2,1H3;3*1H;/q-1;;;;. The van der Waals surface area contributed by atoms with E-state index in [1.807, 2.05) is 0 Å². The van der Waals surface area contributed by atoms with Crippen LogP contribution >= 0.6 is 0 Å². The normalized spacial score (nSPS) is 11.3. The van der Waals surface area contributed by atoms with E-state index in [1.54, 1.807) is 0 Å². The molecule has 1 aliphatic carbocycles. The molecule has 0 radical (unpaired) electrons. The van der Waals surface area contributed by atoms with Crippen LogP contribution in [0.2, 0.25) is 0 Å². The van der Waals surface area contributed by atoms with E-state index in [0.717, 1.165) is 6.42 Å². The van der Waals surface area contributed by atoms with E-state index in [0.29, 0.717) is 0 Å². The number of allylic oxidation sites excluding steroid dienone is 4. The molecule has 0 saturated heterocycles. The zero-order valence-electron chi connectivity index (χ0n) is 7.71. The van der Waals surface area contributed by atoms with E-state index in [4.69, 9.17) is 0 Å². The molecule has 0 heterocycles. The first-order valence-electron chi connectivity index (χ1n) is 3.69. The molecule has 0 atom stereocenters. The topological polar surface area (TPSA) is 0 Å². The molecule has 4 heteroatoms. The largest absolute Gasteiger partial charge is 0.269 e. The smallest absolute Gasteiger partial charge is 0 e. The quantitative estimate of drug-likeness (QED) is 0.691. The predicted octanol–water partition coefficient (Wildman–Crippen LogP) is 3.32. The molecule has 1 rings (SSSR count). The van der Waals surface area contributed by atoms with Crippen molar-refractivity contribution in [2.75, 3.05) is 0 Å². The molecule has 0 aromatic rings. The molecule has 0 unspecified atom stereocenters. The molecule has 0 N–H and O–H groups in total. The van der Waals surface area contributed by atoms with Crippen LogP contribution in [0.3, 0.4) is 0 Å². The Morgan fingerprint density at radius 2 is 1.92 bits per heavy atom. The van der Waals surface area contributed by atoms with Crippen molar-refractivity contribution < 1.29 is 40.3 Å². The number of rotatable bonds is 3. The molecule has 78 valence electrons. The Hall–Kier alpha value is 0.153. The van der Waals surface area contributed by atoms with Gasteiger partial charge in [-0.25, -0.2) is 11.6 Å². The van der Waals surface area contributed by atoms with Gasteiger partial charge in [-0.1, -0.05) is 26.2 Å². The van der Waals surface area contributed by atoms with Gasteiger partial charge in [-0.15, -0.1) is 6.42 Å². The van der Waals surface area contributed by atoms with Gasteiger partial charge in [-0.2, -0.15) is 6.08 Å². The summed E-state index contributed by atoms with van der Waals surface area (Å²) in [6.45, 7) is 2.22. The van der Waals surface area contributed by atoms with Crippen molar-refractivity contribution in [3.63, 3.8) is 0 Å². The third kappa shape index (κ3) is 10.1. The Morgan fingerprint density at radius 3 is 2.31 bits per heavy atom. The first-order chi connectivity index (χ1) is 4.43. The number of halogens is 3. The average molecular weight is 272 g/mol. The van der Waals surface area contributed by atoms with E-state index in [2.05, 4.69) is 25.2 Å². The summed E-state index contributed by atoms with van der Waals surface area (Å²) in [5.74, 6) is 0. The molecule has 0 aliphatic heterocycles. The van der Waals surface area contributed by atoms with Crippen LogP contribution in [0.25, 0.3) is 0 Å². The van der Waals surface area contributed by atoms with Gasteiger partial charge < -0.3 is 0 Å². The van der Waals surface area contributed by atoms with Crippen molar-refractivity contribution in [3.05, 3.63) is 23.8 Å². The summed E-state index contributed by atoms with van der Waals surface area (Å²) in [5, 5.41) is 0. The van der Waals surface area contributed by atoms with Crippen molar-refractivity contribution in [1.82, 2.24) is 0 Å². The third-order valence-electron chi connectivity index (χ3n) is 1.57. The van der Waals surface area contributed by atoms with Crippen LogP contribution in [0.1, 0.15) is 32.6 Å². The minimum atomic E-state index is 0. The van der Waals surface area contributed by atoms with Crippen molar-refractivity contribution >= 4 is 0 Å². The maximum absolute atomic E-state index is 3.30. The average Bonchev–Trinajstić information content (AvgIpc) is 2.34. The molecule has 0 spiro atoms. The predicted molar refractivity (Wildman–Crippen MR) is 47.5 cm³/mol. The van der Waals surface area contributed by atoms with Gasteiger partial charge in [-0.3, -0.25) is 20.2 Å². The fourth-order valence-corrected chi connectivity index (χ4v) is 0.989. The van der Waals surface area contributed by atoms with Gasteiger partial charge in [0.1, 0.15) is 0 Å². The van der Waals surface area contributed by atoms with Crippen LogP contribution in [0.5, 0.6) is 0 Å². The maximum atomic E-state index is 3.30. The Kier molecular flexibility index (Phi) is 26.2. The summed E-state index contributed by atoms with van der Waals surface area (Å²) in [6.07, 6.45) is 12.5. The minimum absolute atomic E-state index is 0. The number of hydrogen-bond donors (Lipinski definition) is 0. The molecule has 0 bridgehead atoms. The minimum Gasteiger partial charge on any atom is -0.269 e. The first kappa shape index (κ1) is 23.2. The molecule has 0 amide bonds. The molecule has 0 saturated carbocycles. The second-order valence-electron chi connectivity index (χ2n) is 2.41. The molecular weight excluding hydrogens is 256 g/mol. The zero-order valence-corrected chi connectivity index (χ0v) is 10.2. The molecule has 0 aromatic heterocycles. The summed E-state index contributed by atoms with van der Waals surface area (Å²) >= 11 is 0. The summed E-state index contributed by atoms with van der Waals surface area (Å²) in [7, 11) is 0. The molecular formula is C9H16F3Zr-. The second kappa shape index (κ2) is 14.7. The Balaban J connectivity index is -0.000000101. The summed E-state index contributed by atoms with van der Waals surface area (Å²) in [5.41, 5.74) is 1.41. The molecule has 1 aliphatic rings. The van der Waals surface area contributed by atoms with Crippen LogP contribution < -0.4 is 0 Å². The van der Waals surface area contributed by atoms with Gasteiger partial charge >= 0.3 is 0 Å². The van der Waals surface area contributed by atoms with Crippen LogP contribution in [0.4, 0.5) is 14.1 Å². The van der Waals surface area contributed by atoms with Gasteiger partial charge in [0.25, 0.3) is 0 Å². The van der Waals surface area contributed by atoms with Crippen molar-refractivity contribution in [2.45, 2.75) is 32.6 Å². The monoisotopic (exact) mass is 271 g/mol. The van der Waals surface area contributed by atoms with Gasteiger partial charge in [-0.05, 0) is 0 Å². The molecule has 13 heavy (non-hydrogen) atoms. The summed E-state index contributed by atoms with van der Waals surface area (Å²) < 4.78 is 0. The van der Waals surface area contributed by atoms with Gasteiger partial charge in [0.15, 0.2) is 0 Å². The molecule has 0 fully saturated rings. The van der Waals surface area contributed by atoms with Crippen LogP contribution in [0, 0.1) is 6.08 Å². The number of hydrogen-bond acceptors (Lipinski definition) is 0. The molecule has 0 aromatic carbocycles. The van der Waals surface area contributed by atoms with Gasteiger partial charge in [0.2, 0.25) is 0 Å². The van der Waals surface area contributed by atoms with E-state index < -0.39 is 0 Å². The van der Waals surface area contributed by atoms with Crippen LogP contribution in [-0.4, -0.2) is 0 Å². The Morgan fingerprint density at radius 1 is 1.31 bits per heavy atom. The van der Waals surface area contributed by atoms with E-state index in [-0.39, 0.29) is 40.3 Å². The fourth-order valence-electron chi connectivity index (χ4n) is 0.989. The second-order valence-corrected chi connectivity index (χ2v) is 2.41. The van der Waals surface area contributed by atoms with Gasteiger partial charge in [0.05, 0.1) is 0 Å². The van der Waals surface area contributed by atoms with Crippen LogP contribution in [-0.2, 0) is 26.2 Å². The first-order valence-corrected chi connectivity index (χ1v) is 3.69. The van der Waals surface area contributed by atoms with Crippen molar-refractivity contribution in [1.29, 1.82) is 0 Å². The fraction of sp³-hybridized carbons (Fsp3) is 0.556. The van der Waals surface area contributed by atoms with Crippen LogP contribution in [0.15, 0.2) is 17.7 Å². The summed E-state index contributed by atoms with van der Waals surface area (Å²) in [6, 6.07) is 0. The van der Waals surface area contributed by atoms with Crippen molar-refractivity contribution in [2.24, 2.45) is 0 Å². The molecule has 0 nitrogen and oxygen atoms in total. The van der Waals surface area contributed by atoms with Crippen molar-refractivity contribution in [3.8, 4) is 0 Å². The Bertz CT molecular complexity index is 144.